The van der Waals surface area contributed by atoms with E-state index in [0.717, 1.165) is 56.1 Å². The fourth-order valence-electron chi connectivity index (χ4n) is 5.31. The minimum atomic E-state index is -0.530. The molecule has 7 nitrogen and oxygen atoms in total. The predicted octanol–water partition coefficient (Wildman–Crippen LogP) is 3.24. The maximum Gasteiger partial charge on any atom is 0.142 e. The molecule has 0 amide bonds. The van der Waals surface area contributed by atoms with E-state index in [2.05, 4.69) is 32.0 Å². The molecule has 2 unspecified atom stereocenters. The number of aliphatic hydroxyl groups is 1. The second-order valence-electron chi connectivity index (χ2n) is 9.80. The molecule has 2 aromatic rings. The van der Waals surface area contributed by atoms with Gasteiger partial charge in [-0.15, -0.1) is 0 Å². The fourth-order valence-corrected chi connectivity index (χ4v) is 5.43. The summed E-state index contributed by atoms with van der Waals surface area (Å²) in [5.74, 6) is 0.755. The molecule has 3 aliphatic rings. The summed E-state index contributed by atoms with van der Waals surface area (Å²) in [6.45, 7) is 5.91. The van der Waals surface area contributed by atoms with E-state index in [9.17, 15) is 14.3 Å². The van der Waals surface area contributed by atoms with E-state index in [0.29, 0.717) is 17.9 Å². The van der Waals surface area contributed by atoms with Crippen molar-refractivity contribution in [1.82, 2.24) is 20.2 Å². The summed E-state index contributed by atoms with van der Waals surface area (Å²) in [6.07, 6.45) is 4.79. The highest BCUT2D eigenvalue weighted by atomic mass is 35.5. The maximum atomic E-state index is 14.2. The molecule has 2 aliphatic carbocycles. The van der Waals surface area contributed by atoms with Crippen LogP contribution < -0.4 is 10.2 Å². The lowest BCUT2D eigenvalue weighted by Crippen LogP contribution is -2.57. The smallest absolute Gasteiger partial charge is 0.142 e. The first-order chi connectivity index (χ1) is 16.5. The Kier molecular flexibility index (Phi) is 6.84. The quantitative estimate of drug-likeness (QED) is 0.553. The van der Waals surface area contributed by atoms with Crippen LogP contribution in [0.15, 0.2) is 24.5 Å². The lowest BCUT2D eigenvalue weighted by Gasteiger charge is -2.42. The third-order valence-corrected chi connectivity index (χ3v) is 7.72. The van der Waals surface area contributed by atoms with Crippen LogP contribution in [0.3, 0.4) is 0 Å². The van der Waals surface area contributed by atoms with Crippen molar-refractivity contribution in [2.75, 3.05) is 37.6 Å². The van der Waals surface area contributed by atoms with Crippen LogP contribution in [0.25, 0.3) is 0 Å². The number of fused-ring (bicyclic) bond motifs is 1. The number of hydrogen-bond acceptors (Lipinski definition) is 7. The van der Waals surface area contributed by atoms with Gasteiger partial charge < -0.3 is 20.1 Å². The van der Waals surface area contributed by atoms with Gasteiger partial charge in [0.1, 0.15) is 24.2 Å². The second kappa shape index (κ2) is 9.85. The van der Waals surface area contributed by atoms with E-state index in [1.807, 2.05) is 0 Å². The molecule has 1 aromatic heterocycles. The van der Waals surface area contributed by atoms with Crippen molar-refractivity contribution >= 4 is 23.7 Å². The van der Waals surface area contributed by atoms with Gasteiger partial charge in [-0.3, -0.25) is 4.90 Å². The van der Waals surface area contributed by atoms with Crippen molar-refractivity contribution in [3.63, 3.8) is 0 Å². The number of benzene rings is 1. The summed E-state index contributed by atoms with van der Waals surface area (Å²) < 4.78 is 14.2. The van der Waals surface area contributed by atoms with Crippen LogP contribution in [0, 0.1) is 11.7 Å². The summed E-state index contributed by atoms with van der Waals surface area (Å²) in [5, 5.41) is 14.0. The van der Waals surface area contributed by atoms with Gasteiger partial charge in [0.25, 0.3) is 0 Å². The van der Waals surface area contributed by atoms with E-state index < -0.39 is 17.8 Å². The number of aldehydes is 1. The third kappa shape index (κ3) is 4.69. The Balaban J connectivity index is 1.34. The van der Waals surface area contributed by atoms with Crippen LogP contribution in [-0.4, -0.2) is 65.2 Å². The second-order valence-corrected chi connectivity index (χ2v) is 10.2. The third-order valence-electron chi connectivity index (χ3n) is 7.41. The van der Waals surface area contributed by atoms with Crippen molar-refractivity contribution in [1.29, 1.82) is 0 Å². The molecular formula is C25H31ClFN5O2. The number of aliphatic hydroxyl groups excluding tert-OH is 1. The van der Waals surface area contributed by atoms with Gasteiger partial charge in [0, 0.05) is 31.7 Å². The predicted molar refractivity (Wildman–Crippen MR) is 129 cm³/mol. The number of halogens is 2. The van der Waals surface area contributed by atoms with Crippen LogP contribution in [0.1, 0.15) is 60.9 Å². The number of carbonyl (C=O) groups excluding carboxylic acids is 1. The zero-order valence-corrected chi connectivity index (χ0v) is 20.1. The number of hydrogen-bond donors (Lipinski definition) is 2. The van der Waals surface area contributed by atoms with E-state index in [1.54, 1.807) is 12.4 Å². The topological polar surface area (TPSA) is 81.6 Å². The summed E-state index contributed by atoms with van der Waals surface area (Å²) in [4.78, 5) is 25.7. The molecular weight excluding hydrogens is 457 g/mol. The minimum absolute atomic E-state index is 0.0567. The van der Waals surface area contributed by atoms with Gasteiger partial charge in [-0.05, 0) is 55.3 Å². The standard InChI is InChI=1S/C25H31ClFN5O2/c1-15-10-21(34)23-22(15)25(30-14-29-23)32-8-6-31(7-9-32)24(28-12-16-2-3-16)18(13-33)17-4-5-19(26)20(27)11-17/h4-5,11,13-16,18,21,24,28,34H,2-3,6-10,12H2,1H3/t15-,18?,21-,24?/m1/s1. The van der Waals surface area contributed by atoms with E-state index >= 15 is 0 Å². The lowest BCUT2D eigenvalue weighted by molar-refractivity contribution is -0.111. The van der Waals surface area contributed by atoms with Gasteiger partial charge in [-0.25, -0.2) is 14.4 Å². The molecule has 182 valence electrons. The number of nitrogens with one attached hydrogen (secondary N) is 1. The number of nitrogens with zero attached hydrogens (tertiary/aromatic N) is 4. The van der Waals surface area contributed by atoms with Crippen molar-refractivity contribution < 1.29 is 14.3 Å². The van der Waals surface area contributed by atoms with Crippen LogP contribution in [-0.2, 0) is 4.79 Å². The van der Waals surface area contributed by atoms with E-state index in [4.69, 9.17) is 11.6 Å². The van der Waals surface area contributed by atoms with Gasteiger partial charge in [0.15, 0.2) is 0 Å². The first-order valence-corrected chi connectivity index (χ1v) is 12.5. The average Bonchev–Trinajstić information content (AvgIpc) is 3.63. The summed E-state index contributed by atoms with van der Waals surface area (Å²) in [7, 11) is 0. The van der Waals surface area contributed by atoms with Crippen LogP contribution in [0.5, 0.6) is 0 Å². The van der Waals surface area contributed by atoms with Gasteiger partial charge in [0.05, 0.1) is 28.9 Å². The summed E-state index contributed by atoms with van der Waals surface area (Å²) >= 11 is 5.88. The maximum absolute atomic E-state index is 14.2. The van der Waals surface area contributed by atoms with Gasteiger partial charge in [-0.1, -0.05) is 24.6 Å². The number of carbonyl (C=O) groups is 1. The molecule has 1 saturated heterocycles. The number of aromatic nitrogens is 2. The van der Waals surface area contributed by atoms with Crippen molar-refractivity contribution in [3.8, 4) is 0 Å². The Labute approximate surface area is 204 Å². The highest BCUT2D eigenvalue weighted by Crippen LogP contribution is 2.43. The Bertz CT molecular complexity index is 1040. The van der Waals surface area contributed by atoms with Crippen molar-refractivity contribution in [2.24, 2.45) is 5.92 Å². The fraction of sp³-hybridized carbons (Fsp3) is 0.560. The first-order valence-electron chi connectivity index (χ1n) is 12.1. The highest BCUT2D eigenvalue weighted by molar-refractivity contribution is 6.30. The Morgan fingerprint density at radius 1 is 1.26 bits per heavy atom. The molecule has 5 rings (SSSR count). The molecule has 0 bridgehead atoms. The molecule has 2 N–H and O–H groups in total. The number of piperazine rings is 1. The molecule has 2 fully saturated rings. The molecule has 0 spiro atoms. The molecule has 2 heterocycles. The van der Waals surface area contributed by atoms with Gasteiger partial charge in [0.2, 0.25) is 0 Å². The molecule has 9 heteroatoms. The van der Waals surface area contributed by atoms with Gasteiger partial charge >= 0.3 is 0 Å². The minimum Gasteiger partial charge on any atom is -0.387 e. The molecule has 0 radical (unpaired) electrons. The summed E-state index contributed by atoms with van der Waals surface area (Å²) in [6, 6.07) is 4.63. The van der Waals surface area contributed by atoms with Gasteiger partial charge in [-0.2, -0.15) is 0 Å². The number of anilines is 1. The molecule has 34 heavy (non-hydrogen) atoms. The molecule has 1 aromatic carbocycles. The van der Waals surface area contributed by atoms with Crippen molar-refractivity contribution in [3.05, 3.63) is 52.2 Å². The molecule has 1 aliphatic heterocycles. The first kappa shape index (κ1) is 23.6. The van der Waals surface area contributed by atoms with Crippen LogP contribution in [0.2, 0.25) is 5.02 Å². The zero-order valence-electron chi connectivity index (χ0n) is 19.3. The monoisotopic (exact) mass is 487 g/mol. The number of rotatable bonds is 8. The summed E-state index contributed by atoms with van der Waals surface area (Å²) in [5.41, 5.74) is 2.42. The SMILES string of the molecule is C[C@@H]1C[C@@H](O)c2ncnc(N3CCN(C(NCC4CC4)C(C=O)c4ccc(Cl)c(F)c4)CC3)c21. The van der Waals surface area contributed by atoms with E-state index in [1.165, 1.54) is 25.0 Å². The average molecular weight is 488 g/mol. The molecule has 1 saturated carbocycles. The van der Waals surface area contributed by atoms with Crippen LogP contribution >= 0.6 is 11.6 Å². The zero-order chi connectivity index (χ0) is 23.8. The Hall–Kier alpha value is -2.13. The van der Waals surface area contributed by atoms with E-state index in [-0.39, 0.29) is 17.1 Å². The largest absolute Gasteiger partial charge is 0.387 e. The van der Waals surface area contributed by atoms with Crippen LogP contribution in [0.4, 0.5) is 10.2 Å². The molecule has 4 atom stereocenters. The highest BCUT2D eigenvalue weighted by Gasteiger charge is 2.36. The van der Waals surface area contributed by atoms with Crippen molar-refractivity contribution in [2.45, 2.75) is 50.3 Å². The Morgan fingerprint density at radius 3 is 2.71 bits per heavy atom. The Morgan fingerprint density at radius 2 is 2.03 bits per heavy atom. The normalized spacial score (nSPS) is 24.6. The lowest BCUT2D eigenvalue weighted by atomic mass is 9.95.